The molecule has 90 valence electrons. The largest absolute Gasteiger partial charge is 0.351 e. The van der Waals surface area contributed by atoms with Crippen molar-refractivity contribution in [3.63, 3.8) is 0 Å². The number of imidazole rings is 1. The monoisotopic (exact) mass is 295 g/mol. The second kappa shape index (κ2) is 4.60. The summed E-state index contributed by atoms with van der Waals surface area (Å²) in [6.45, 7) is 1.06. The maximum absolute atomic E-state index is 4.42. The molecule has 0 aliphatic carbocycles. The molecule has 1 N–H and O–H groups in total. The first-order valence-corrected chi connectivity index (χ1v) is 6.99. The Morgan fingerprint density at radius 1 is 1.35 bits per heavy atom. The van der Waals surface area contributed by atoms with Crippen LogP contribution < -0.4 is 4.90 Å². The van der Waals surface area contributed by atoms with E-state index in [-0.39, 0.29) is 0 Å². The number of fused-ring (bicyclic) bond motifs is 1. The summed E-state index contributed by atoms with van der Waals surface area (Å²) >= 11 is 3.59. The Morgan fingerprint density at radius 2 is 2.29 bits per heavy atom. The second-order valence-electron chi connectivity index (χ2n) is 4.30. The van der Waals surface area contributed by atoms with Gasteiger partial charge in [0.15, 0.2) is 11.5 Å². The van der Waals surface area contributed by atoms with E-state index in [0.717, 1.165) is 28.9 Å². The fraction of sp³-hybridized carbons (Fsp3) is 0.545. The van der Waals surface area contributed by atoms with Gasteiger partial charge in [0, 0.05) is 17.9 Å². The molecule has 1 aliphatic heterocycles. The summed E-state index contributed by atoms with van der Waals surface area (Å²) in [5.41, 5.74) is 1.69. The number of halogens is 1. The molecule has 0 aromatic carbocycles. The van der Waals surface area contributed by atoms with Crippen molar-refractivity contribution in [1.82, 2.24) is 19.9 Å². The Labute approximate surface area is 108 Å². The molecule has 1 unspecified atom stereocenters. The Kier molecular flexibility index (Phi) is 2.96. The molecule has 2 aromatic rings. The molecule has 0 radical (unpaired) electrons. The van der Waals surface area contributed by atoms with Crippen molar-refractivity contribution in [2.75, 3.05) is 16.8 Å². The van der Waals surface area contributed by atoms with Crippen LogP contribution in [-0.2, 0) is 0 Å². The fourth-order valence-electron chi connectivity index (χ4n) is 2.41. The van der Waals surface area contributed by atoms with Crippen molar-refractivity contribution in [2.45, 2.75) is 25.3 Å². The number of aromatic nitrogens is 4. The van der Waals surface area contributed by atoms with Crippen LogP contribution in [0.3, 0.4) is 0 Å². The number of hydrogen-bond donors (Lipinski definition) is 1. The quantitative estimate of drug-likeness (QED) is 0.862. The van der Waals surface area contributed by atoms with Gasteiger partial charge in [-0.3, -0.25) is 0 Å². The van der Waals surface area contributed by atoms with E-state index in [9.17, 15) is 0 Å². The van der Waals surface area contributed by atoms with E-state index in [0.29, 0.717) is 6.04 Å². The zero-order valence-corrected chi connectivity index (χ0v) is 11.0. The molecule has 3 rings (SSSR count). The van der Waals surface area contributed by atoms with Gasteiger partial charge < -0.3 is 9.88 Å². The molecular formula is C11H14BrN5. The van der Waals surface area contributed by atoms with Crippen molar-refractivity contribution in [3.05, 3.63) is 12.7 Å². The zero-order chi connectivity index (χ0) is 11.7. The SMILES string of the molecule is BrCC1CCCCN1c1ncnc2nc[nH]c12. The summed E-state index contributed by atoms with van der Waals surface area (Å²) < 4.78 is 0. The average Bonchev–Trinajstić information content (AvgIpc) is 2.86. The lowest BCUT2D eigenvalue weighted by Crippen LogP contribution is -2.41. The number of piperidine rings is 1. The Morgan fingerprint density at radius 3 is 3.18 bits per heavy atom. The van der Waals surface area contributed by atoms with Crippen LogP contribution >= 0.6 is 15.9 Å². The van der Waals surface area contributed by atoms with E-state index in [1.165, 1.54) is 19.3 Å². The third-order valence-corrected chi connectivity index (χ3v) is 4.03. The molecular weight excluding hydrogens is 282 g/mol. The smallest absolute Gasteiger partial charge is 0.182 e. The first-order valence-electron chi connectivity index (χ1n) is 5.87. The van der Waals surface area contributed by atoms with Crippen molar-refractivity contribution in [1.29, 1.82) is 0 Å². The van der Waals surface area contributed by atoms with E-state index in [1.54, 1.807) is 12.7 Å². The number of nitrogens with zero attached hydrogens (tertiary/aromatic N) is 4. The van der Waals surface area contributed by atoms with Crippen LogP contribution in [0.1, 0.15) is 19.3 Å². The maximum atomic E-state index is 4.42. The predicted molar refractivity (Wildman–Crippen MR) is 70.5 cm³/mol. The van der Waals surface area contributed by atoms with Gasteiger partial charge in [-0.05, 0) is 19.3 Å². The Balaban J connectivity index is 2.04. The van der Waals surface area contributed by atoms with Gasteiger partial charge in [0.1, 0.15) is 11.8 Å². The van der Waals surface area contributed by atoms with Crippen LogP contribution in [-0.4, -0.2) is 37.9 Å². The van der Waals surface area contributed by atoms with Crippen molar-refractivity contribution in [3.8, 4) is 0 Å². The molecule has 1 saturated heterocycles. The van der Waals surface area contributed by atoms with Gasteiger partial charge in [-0.25, -0.2) is 15.0 Å². The highest BCUT2D eigenvalue weighted by molar-refractivity contribution is 9.09. The molecule has 1 atom stereocenters. The minimum atomic E-state index is 0.519. The van der Waals surface area contributed by atoms with E-state index >= 15 is 0 Å². The molecule has 3 heterocycles. The average molecular weight is 296 g/mol. The molecule has 0 amide bonds. The normalized spacial score (nSPS) is 21.0. The molecule has 1 fully saturated rings. The molecule has 6 heteroatoms. The van der Waals surface area contributed by atoms with E-state index in [4.69, 9.17) is 0 Å². The van der Waals surface area contributed by atoms with Gasteiger partial charge in [0.05, 0.1) is 6.33 Å². The zero-order valence-electron chi connectivity index (χ0n) is 9.43. The lowest BCUT2D eigenvalue weighted by molar-refractivity contribution is 0.488. The highest BCUT2D eigenvalue weighted by atomic mass is 79.9. The highest BCUT2D eigenvalue weighted by Crippen LogP contribution is 2.27. The third-order valence-electron chi connectivity index (χ3n) is 3.28. The Hall–Kier alpha value is -1.17. The van der Waals surface area contributed by atoms with Gasteiger partial charge in [-0.15, -0.1) is 0 Å². The van der Waals surface area contributed by atoms with Crippen LogP contribution in [0.5, 0.6) is 0 Å². The number of nitrogens with one attached hydrogen (secondary N) is 1. The highest BCUT2D eigenvalue weighted by Gasteiger charge is 2.24. The van der Waals surface area contributed by atoms with E-state index < -0.39 is 0 Å². The van der Waals surface area contributed by atoms with Crippen molar-refractivity contribution >= 4 is 32.9 Å². The summed E-state index contributed by atoms with van der Waals surface area (Å²) in [6.07, 6.45) is 7.01. The fourth-order valence-corrected chi connectivity index (χ4v) is 3.08. The molecule has 2 aromatic heterocycles. The van der Waals surface area contributed by atoms with E-state index in [2.05, 4.69) is 40.8 Å². The van der Waals surface area contributed by atoms with E-state index in [1.807, 2.05) is 0 Å². The molecule has 0 spiro atoms. The number of alkyl halides is 1. The molecule has 0 saturated carbocycles. The first kappa shape index (κ1) is 11.0. The lowest BCUT2D eigenvalue weighted by Gasteiger charge is -2.35. The number of anilines is 1. The minimum absolute atomic E-state index is 0.519. The van der Waals surface area contributed by atoms with Gasteiger partial charge in [0.25, 0.3) is 0 Å². The summed E-state index contributed by atoms with van der Waals surface area (Å²) in [7, 11) is 0. The number of aromatic amines is 1. The standard InChI is InChI=1S/C11H14BrN5/c12-5-8-3-1-2-4-17(8)11-9-10(14-6-13-9)15-7-16-11/h6-8H,1-5H2,(H,13,14,15,16). The molecule has 0 bridgehead atoms. The van der Waals surface area contributed by atoms with Crippen LogP contribution in [0, 0.1) is 0 Å². The van der Waals surface area contributed by atoms with Crippen LogP contribution in [0.4, 0.5) is 5.82 Å². The molecule has 17 heavy (non-hydrogen) atoms. The Bertz CT molecular complexity index is 511. The predicted octanol–water partition coefficient (Wildman–Crippen LogP) is 2.11. The van der Waals surface area contributed by atoms with Gasteiger partial charge in [-0.2, -0.15) is 0 Å². The van der Waals surface area contributed by atoms with Crippen LogP contribution in [0.25, 0.3) is 11.2 Å². The summed E-state index contributed by atoms with van der Waals surface area (Å²) in [5.74, 6) is 0.983. The summed E-state index contributed by atoms with van der Waals surface area (Å²) in [4.78, 5) is 18.3. The maximum Gasteiger partial charge on any atom is 0.182 e. The topological polar surface area (TPSA) is 57.7 Å². The number of H-pyrrole nitrogens is 1. The number of rotatable bonds is 2. The lowest BCUT2D eigenvalue weighted by atomic mass is 10.0. The summed E-state index contributed by atoms with van der Waals surface area (Å²) in [6, 6.07) is 0.519. The molecule has 1 aliphatic rings. The van der Waals surface area contributed by atoms with Gasteiger partial charge in [-0.1, -0.05) is 15.9 Å². The minimum Gasteiger partial charge on any atom is -0.351 e. The number of hydrogen-bond acceptors (Lipinski definition) is 4. The van der Waals surface area contributed by atoms with Crippen molar-refractivity contribution in [2.24, 2.45) is 0 Å². The first-order chi connectivity index (χ1) is 8.40. The third kappa shape index (κ3) is 1.90. The van der Waals surface area contributed by atoms with Gasteiger partial charge >= 0.3 is 0 Å². The van der Waals surface area contributed by atoms with Crippen LogP contribution in [0.15, 0.2) is 12.7 Å². The van der Waals surface area contributed by atoms with Gasteiger partial charge in [0.2, 0.25) is 0 Å². The summed E-state index contributed by atoms with van der Waals surface area (Å²) in [5, 5.41) is 0.979. The molecule has 5 nitrogen and oxygen atoms in total. The van der Waals surface area contributed by atoms with Crippen molar-refractivity contribution < 1.29 is 0 Å². The second-order valence-corrected chi connectivity index (χ2v) is 4.94. The van der Waals surface area contributed by atoms with Crippen LogP contribution in [0.2, 0.25) is 0 Å².